The Balaban J connectivity index is 1.75. The Labute approximate surface area is 147 Å². The van der Waals surface area contributed by atoms with Gasteiger partial charge in [-0.3, -0.25) is 0 Å². The lowest BCUT2D eigenvalue weighted by Crippen LogP contribution is -2.05. The van der Waals surface area contributed by atoms with Crippen molar-refractivity contribution in [1.82, 2.24) is 5.43 Å². The summed E-state index contributed by atoms with van der Waals surface area (Å²) in [5.41, 5.74) is 8.35. The maximum absolute atomic E-state index is 4.33. The molecule has 0 atom stereocenters. The average molecular weight is 322 g/mol. The van der Waals surface area contributed by atoms with Gasteiger partial charge in [-0.25, -0.2) is 0 Å². The van der Waals surface area contributed by atoms with E-state index in [0.29, 0.717) is 0 Å². The summed E-state index contributed by atoms with van der Waals surface area (Å²) in [6, 6.07) is 17.5. The third-order valence-corrected chi connectivity index (χ3v) is 4.20. The minimum atomic E-state index is 0.762. The third kappa shape index (κ3) is 6.57. The van der Waals surface area contributed by atoms with Crippen molar-refractivity contribution >= 4 is 6.21 Å². The first-order valence-electron chi connectivity index (χ1n) is 9.24. The predicted octanol–water partition coefficient (Wildman–Crippen LogP) is 5.50. The van der Waals surface area contributed by atoms with E-state index >= 15 is 0 Å². The second-order valence-corrected chi connectivity index (χ2v) is 6.36. The highest BCUT2D eigenvalue weighted by Crippen LogP contribution is 2.08. The molecule has 0 bridgehead atoms. The van der Waals surface area contributed by atoms with Crippen LogP contribution >= 0.6 is 0 Å². The topological polar surface area (TPSA) is 24.4 Å². The average Bonchev–Trinajstić information content (AvgIpc) is 2.62. The molecule has 2 rings (SSSR count). The van der Waals surface area contributed by atoms with Gasteiger partial charge >= 0.3 is 0 Å². The number of rotatable bonds is 10. The number of nitrogens with zero attached hydrogens (tertiary/aromatic N) is 1. The molecule has 0 saturated carbocycles. The molecule has 2 aromatic carbocycles. The smallest absolute Gasteiger partial charge is 0.0580 e. The van der Waals surface area contributed by atoms with Crippen molar-refractivity contribution in [1.29, 1.82) is 0 Å². The van der Waals surface area contributed by atoms with Gasteiger partial charge in [-0.05, 0) is 41.5 Å². The predicted molar refractivity (Wildman–Crippen MR) is 105 cm³/mol. The zero-order valence-electron chi connectivity index (χ0n) is 15.1. The summed E-state index contributed by atoms with van der Waals surface area (Å²) in [6.07, 6.45) is 9.28. The van der Waals surface area contributed by atoms with Crippen molar-refractivity contribution in [2.24, 2.45) is 5.10 Å². The van der Waals surface area contributed by atoms with Crippen LogP contribution in [-0.4, -0.2) is 6.21 Å². The zero-order chi connectivity index (χ0) is 17.0. The van der Waals surface area contributed by atoms with Gasteiger partial charge in [-0.2, -0.15) is 5.10 Å². The molecule has 24 heavy (non-hydrogen) atoms. The lowest BCUT2D eigenvalue weighted by molar-refractivity contribution is 0.717. The van der Waals surface area contributed by atoms with Crippen molar-refractivity contribution in [2.75, 3.05) is 0 Å². The van der Waals surface area contributed by atoms with Gasteiger partial charge in [-0.1, -0.05) is 81.6 Å². The van der Waals surface area contributed by atoms with E-state index in [1.54, 1.807) is 0 Å². The summed E-state index contributed by atoms with van der Waals surface area (Å²) in [5.74, 6) is 0. The van der Waals surface area contributed by atoms with Gasteiger partial charge in [0.05, 0.1) is 12.8 Å². The highest BCUT2D eigenvalue weighted by Gasteiger charge is 1.95. The summed E-state index contributed by atoms with van der Waals surface area (Å²) in [6.45, 7) is 5.21. The van der Waals surface area contributed by atoms with Gasteiger partial charge in [-0.15, -0.1) is 0 Å². The van der Waals surface area contributed by atoms with Crippen LogP contribution < -0.4 is 5.43 Å². The lowest BCUT2D eigenvalue weighted by atomic mass is 10.1. The van der Waals surface area contributed by atoms with Crippen LogP contribution in [0.15, 0.2) is 53.6 Å². The standard InChI is InChI=1S/C22H30N2/c1-3-5-6-8-20-11-15-22(16-12-20)18-24-23-17-21-13-9-19(7-4-2)10-14-21/h9-16,18,23H,3-8,17H2,1-2H3. The number of hydrogen-bond donors (Lipinski definition) is 1. The Morgan fingerprint density at radius 1 is 0.750 bits per heavy atom. The molecule has 0 saturated heterocycles. The monoisotopic (exact) mass is 322 g/mol. The molecule has 128 valence electrons. The molecule has 0 aliphatic heterocycles. The highest BCUT2D eigenvalue weighted by atomic mass is 15.3. The molecule has 0 spiro atoms. The number of benzene rings is 2. The summed E-state index contributed by atoms with van der Waals surface area (Å²) in [4.78, 5) is 0. The van der Waals surface area contributed by atoms with E-state index in [1.165, 1.54) is 48.8 Å². The molecule has 0 unspecified atom stereocenters. The molecule has 0 fully saturated rings. The van der Waals surface area contributed by atoms with Crippen molar-refractivity contribution in [3.8, 4) is 0 Å². The maximum Gasteiger partial charge on any atom is 0.0580 e. The molecule has 0 amide bonds. The van der Waals surface area contributed by atoms with E-state index < -0.39 is 0 Å². The maximum atomic E-state index is 4.33. The first kappa shape index (κ1) is 18.3. The molecule has 2 aromatic rings. The minimum absolute atomic E-state index is 0.762. The Hall–Kier alpha value is -2.09. The normalized spacial score (nSPS) is 11.1. The molecular formula is C22H30N2. The Morgan fingerprint density at radius 3 is 2.04 bits per heavy atom. The number of nitrogens with one attached hydrogen (secondary N) is 1. The minimum Gasteiger partial charge on any atom is -0.306 e. The van der Waals surface area contributed by atoms with Crippen LogP contribution in [0.25, 0.3) is 0 Å². The van der Waals surface area contributed by atoms with Crippen LogP contribution in [0.1, 0.15) is 61.8 Å². The number of hydrogen-bond acceptors (Lipinski definition) is 2. The first-order chi connectivity index (χ1) is 11.8. The second-order valence-electron chi connectivity index (χ2n) is 6.36. The molecular weight excluding hydrogens is 292 g/mol. The van der Waals surface area contributed by atoms with Gasteiger partial charge < -0.3 is 5.43 Å². The molecule has 0 heterocycles. The van der Waals surface area contributed by atoms with Gasteiger partial charge in [0.25, 0.3) is 0 Å². The Bertz CT molecular complexity index is 597. The first-order valence-corrected chi connectivity index (χ1v) is 9.24. The van der Waals surface area contributed by atoms with Gasteiger partial charge in [0.2, 0.25) is 0 Å². The number of aryl methyl sites for hydroxylation is 2. The fraction of sp³-hybridized carbons (Fsp3) is 0.409. The van der Waals surface area contributed by atoms with Crippen LogP contribution in [0.2, 0.25) is 0 Å². The summed E-state index contributed by atoms with van der Waals surface area (Å²) in [5, 5.41) is 4.33. The molecule has 2 heteroatoms. The van der Waals surface area contributed by atoms with Gasteiger partial charge in [0.1, 0.15) is 0 Å². The molecule has 0 radical (unpaired) electrons. The molecule has 0 aliphatic carbocycles. The summed E-state index contributed by atoms with van der Waals surface area (Å²) >= 11 is 0. The largest absolute Gasteiger partial charge is 0.306 e. The number of hydrazone groups is 1. The SMILES string of the molecule is CCCCCc1ccc(C=NNCc2ccc(CCC)cc2)cc1. The number of unbranched alkanes of at least 4 members (excludes halogenated alkanes) is 2. The van der Waals surface area contributed by atoms with E-state index in [4.69, 9.17) is 0 Å². The highest BCUT2D eigenvalue weighted by molar-refractivity contribution is 5.79. The van der Waals surface area contributed by atoms with E-state index in [0.717, 1.165) is 18.5 Å². The lowest BCUT2D eigenvalue weighted by Gasteiger charge is -2.04. The molecule has 1 N–H and O–H groups in total. The van der Waals surface area contributed by atoms with E-state index in [1.807, 2.05) is 6.21 Å². The summed E-state index contributed by atoms with van der Waals surface area (Å²) in [7, 11) is 0. The molecule has 0 aromatic heterocycles. The van der Waals surface area contributed by atoms with Gasteiger partial charge in [0, 0.05) is 0 Å². The molecule has 2 nitrogen and oxygen atoms in total. The fourth-order valence-electron chi connectivity index (χ4n) is 2.72. The van der Waals surface area contributed by atoms with Crippen LogP contribution in [0.3, 0.4) is 0 Å². The third-order valence-electron chi connectivity index (χ3n) is 4.20. The fourth-order valence-corrected chi connectivity index (χ4v) is 2.72. The van der Waals surface area contributed by atoms with E-state index in [-0.39, 0.29) is 0 Å². The zero-order valence-corrected chi connectivity index (χ0v) is 15.1. The van der Waals surface area contributed by atoms with E-state index in [9.17, 15) is 0 Å². The van der Waals surface area contributed by atoms with Crippen LogP contribution in [-0.2, 0) is 19.4 Å². The summed E-state index contributed by atoms with van der Waals surface area (Å²) < 4.78 is 0. The van der Waals surface area contributed by atoms with Crippen molar-refractivity contribution in [3.63, 3.8) is 0 Å². The van der Waals surface area contributed by atoms with Crippen molar-refractivity contribution < 1.29 is 0 Å². The van der Waals surface area contributed by atoms with Crippen molar-refractivity contribution in [3.05, 3.63) is 70.8 Å². The van der Waals surface area contributed by atoms with Crippen LogP contribution in [0.5, 0.6) is 0 Å². The second kappa shape index (κ2) is 10.6. The van der Waals surface area contributed by atoms with Gasteiger partial charge in [0.15, 0.2) is 0 Å². The Morgan fingerprint density at radius 2 is 1.38 bits per heavy atom. The molecule has 0 aliphatic rings. The van der Waals surface area contributed by atoms with Crippen LogP contribution in [0, 0.1) is 0 Å². The quantitative estimate of drug-likeness (QED) is 0.349. The Kier molecular flexibility index (Phi) is 8.09. The van der Waals surface area contributed by atoms with Crippen LogP contribution in [0.4, 0.5) is 0 Å². The van der Waals surface area contributed by atoms with Crippen molar-refractivity contribution in [2.45, 2.75) is 58.9 Å². The van der Waals surface area contributed by atoms with E-state index in [2.05, 4.69) is 72.9 Å².